The minimum Gasteiger partial charge on any atom is -0.358 e. The average molecular weight is 432 g/mol. The molecule has 4 rings (SSSR count). The fraction of sp³-hybridized carbons (Fsp3) is 0.450. The van der Waals surface area contributed by atoms with Crippen LogP contribution in [0.3, 0.4) is 0 Å². The molecule has 1 saturated carbocycles. The third-order valence-corrected chi connectivity index (χ3v) is 7.89. The van der Waals surface area contributed by atoms with E-state index in [1.165, 1.54) is 23.5 Å². The van der Waals surface area contributed by atoms with E-state index in [-0.39, 0.29) is 29.2 Å². The van der Waals surface area contributed by atoms with Crippen LogP contribution in [0.25, 0.3) is 0 Å². The number of sulfonamides is 1. The maximum absolute atomic E-state index is 13.2. The van der Waals surface area contributed by atoms with E-state index < -0.39 is 21.5 Å². The highest BCUT2D eigenvalue weighted by atomic mass is 32.2. The Kier molecular flexibility index (Phi) is 5.37. The molecule has 9 nitrogen and oxygen atoms in total. The monoisotopic (exact) mass is 431 g/mol. The highest BCUT2D eigenvalue weighted by Crippen LogP contribution is 2.60. The summed E-state index contributed by atoms with van der Waals surface area (Å²) in [6.07, 6.45) is 4.42. The predicted molar refractivity (Wildman–Crippen MR) is 109 cm³/mol. The van der Waals surface area contributed by atoms with Gasteiger partial charge in [-0.1, -0.05) is 18.2 Å². The summed E-state index contributed by atoms with van der Waals surface area (Å²) >= 11 is 0. The fourth-order valence-corrected chi connectivity index (χ4v) is 6.01. The molecule has 2 aromatic rings. The molecule has 1 aromatic carbocycles. The number of carbonyl (C=O) groups is 2. The zero-order chi connectivity index (χ0) is 21.4. The Labute approximate surface area is 175 Å². The topological polar surface area (TPSA) is 113 Å². The van der Waals surface area contributed by atoms with Crippen LogP contribution < -0.4 is 10.6 Å². The van der Waals surface area contributed by atoms with Crippen molar-refractivity contribution in [2.24, 2.45) is 11.3 Å². The number of hydrogen-bond donors (Lipinski definition) is 2. The molecule has 2 fully saturated rings. The number of nitrogens with zero attached hydrogens (tertiary/aromatic N) is 3. The smallest absolute Gasteiger partial charge is 0.243 e. The molecule has 160 valence electrons. The van der Waals surface area contributed by atoms with Crippen LogP contribution in [0.1, 0.15) is 12.8 Å². The van der Waals surface area contributed by atoms with Crippen LogP contribution in [0.4, 0.5) is 0 Å². The Bertz CT molecular complexity index is 1020. The van der Waals surface area contributed by atoms with E-state index in [0.717, 1.165) is 0 Å². The summed E-state index contributed by atoms with van der Waals surface area (Å²) in [5.41, 5.74) is -0.491. The van der Waals surface area contributed by atoms with Gasteiger partial charge in [0.2, 0.25) is 21.8 Å². The number of carbonyl (C=O) groups excluding carboxylic acids is 2. The molecule has 1 saturated heterocycles. The lowest BCUT2D eigenvalue weighted by Crippen LogP contribution is -2.44. The van der Waals surface area contributed by atoms with E-state index in [2.05, 4.69) is 15.7 Å². The van der Waals surface area contributed by atoms with Gasteiger partial charge in [0.15, 0.2) is 0 Å². The number of benzene rings is 1. The third kappa shape index (κ3) is 3.72. The van der Waals surface area contributed by atoms with Crippen LogP contribution in [0.5, 0.6) is 0 Å². The molecule has 2 amide bonds. The number of amides is 2. The first-order valence-electron chi connectivity index (χ1n) is 9.91. The zero-order valence-electron chi connectivity index (χ0n) is 16.7. The molecule has 0 radical (unpaired) electrons. The van der Waals surface area contributed by atoms with Crippen LogP contribution in [0, 0.1) is 11.3 Å². The van der Waals surface area contributed by atoms with E-state index in [0.29, 0.717) is 25.9 Å². The number of hydrogen-bond acceptors (Lipinski definition) is 5. The second-order valence-electron chi connectivity index (χ2n) is 7.88. The maximum atomic E-state index is 13.2. The number of rotatable bonds is 7. The lowest BCUT2D eigenvalue weighted by molar-refractivity contribution is -0.124. The lowest BCUT2D eigenvalue weighted by atomic mass is 9.99. The Morgan fingerprint density at radius 3 is 2.60 bits per heavy atom. The first-order chi connectivity index (χ1) is 14.4. The molecule has 2 aliphatic rings. The van der Waals surface area contributed by atoms with Crippen LogP contribution >= 0.6 is 0 Å². The van der Waals surface area contributed by atoms with Gasteiger partial charge in [-0.15, -0.1) is 0 Å². The molecule has 0 unspecified atom stereocenters. The van der Waals surface area contributed by atoms with E-state index in [4.69, 9.17) is 0 Å². The van der Waals surface area contributed by atoms with Crippen molar-refractivity contribution in [3.05, 3.63) is 48.8 Å². The number of likely N-dealkylation sites (N-methyl/N-ethyl adjacent to an activating group) is 1. The van der Waals surface area contributed by atoms with Crippen LogP contribution in [-0.4, -0.2) is 60.5 Å². The SMILES string of the molecule is CNC(=O)[C@@H]1C[C@@]2(C[C@@H]2C(=O)NCCn2cccn2)CN1S(=O)(=O)c1ccccc1. The van der Waals surface area contributed by atoms with Gasteiger partial charge in [-0.05, 0) is 36.5 Å². The fourth-order valence-electron chi connectivity index (χ4n) is 4.31. The second kappa shape index (κ2) is 7.84. The van der Waals surface area contributed by atoms with Crippen molar-refractivity contribution in [1.29, 1.82) is 0 Å². The summed E-state index contributed by atoms with van der Waals surface area (Å²) in [6, 6.07) is 9.09. The van der Waals surface area contributed by atoms with Gasteiger partial charge in [0.1, 0.15) is 6.04 Å². The molecule has 1 aliphatic heterocycles. The zero-order valence-corrected chi connectivity index (χ0v) is 17.5. The Balaban J connectivity index is 1.47. The normalized spacial score (nSPS) is 25.9. The Morgan fingerprint density at radius 2 is 1.93 bits per heavy atom. The predicted octanol–water partition coefficient (Wildman–Crippen LogP) is 0.215. The first-order valence-corrected chi connectivity index (χ1v) is 11.3. The van der Waals surface area contributed by atoms with Crippen molar-refractivity contribution < 1.29 is 18.0 Å². The summed E-state index contributed by atoms with van der Waals surface area (Å²) in [6.45, 7) is 1.17. The largest absolute Gasteiger partial charge is 0.358 e. The van der Waals surface area contributed by atoms with E-state index in [1.54, 1.807) is 29.1 Å². The highest BCUT2D eigenvalue weighted by Gasteiger charge is 2.65. The second-order valence-corrected chi connectivity index (χ2v) is 9.77. The van der Waals surface area contributed by atoms with E-state index >= 15 is 0 Å². The molecule has 1 aromatic heterocycles. The first kappa shape index (κ1) is 20.5. The van der Waals surface area contributed by atoms with Crippen molar-refractivity contribution in [1.82, 2.24) is 24.7 Å². The summed E-state index contributed by atoms with van der Waals surface area (Å²) < 4.78 is 29.4. The molecule has 2 N–H and O–H groups in total. The molecule has 2 heterocycles. The Morgan fingerprint density at radius 1 is 1.17 bits per heavy atom. The molecule has 10 heteroatoms. The molecule has 3 atom stereocenters. The minimum atomic E-state index is -3.84. The van der Waals surface area contributed by atoms with Gasteiger partial charge in [0.25, 0.3) is 0 Å². The number of aromatic nitrogens is 2. The van der Waals surface area contributed by atoms with E-state index in [1.807, 2.05) is 12.3 Å². The van der Waals surface area contributed by atoms with Gasteiger partial charge >= 0.3 is 0 Å². The standard InChI is InChI=1S/C20H25N5O4S/c1-21-19(27)17-13-20(14-25(17)30(28,29)15-6-3-2-4-7-15)12-16(20)18(26)22-9-11-24-10-5-8-23-24/h2-8,10,16-17H,9,11-14H2,1H3,(H,21,27)(H,22,26)/t16-,17+,20+/m1/s1. The number of nitrogens with one attached hydrogen (secondary N) is 2. The lowest BCUT2D eigenvalue weighted by Gasteiger charge is -2.22. The van der Waals surface area contributed by atoms with Crippen molar-refractivity contribution in [3.63, 3.8) is 0 Å². The summed E-state index contributed by atoms with van der Waals surface area (Å²) in [7, 11) is -2.35. The Hall–Kier alpha value is -2.72. The van der Waals surface area contributed by atoms with Gasteiger partial charge in [0, 0.05) is 38.4 Å². The van der Waals surface area contributed by atoms with Crippen LogP contribution in [0.15, 0.2) is 53.7 Å². The van der Waals surface area contributed by atoms with Gasteiger partial charge in [0.05, 0.1) is 11.4 Å². The summed E-state index contributed by atoms with van der Waals surface area (Å²) in [5.74, 6) is -0.744. The highest BCUT2D eigenvalue weighted by molar-refractivity contribution is 7.89. The average Bonchev–Trinajstić information content (AvgIpc) is 3.07. The van der Waals surface area contributed by atoms with E-state index in [9.17, 15) is 18.0 Å². The van der Waals surface area contributed by atoms with Gasteiger partial charge in [-0.25, -0.2) is 8.42 Å². The van der Waals surface area contributed by atoms with Crippen molar-refractivity contribution in [3.8, 4) is 0 Å². The molecule has 1 aliphatic carbocycles. The molecule has 30 heavy (non-hydrogen) atoms. The van der Waals surface area contributed by atoms with Gasteiger partial charge in [-0.2, -0.15) is 9.40 Å². The minimum absolute atomic E-state index is 0.100. The quantitative estimate of drug-likeness (QED) is 0.651. The molecular formula is C20H25N5O4S. The van der Waals surface area contributed by atoms with Gasteiger partial charge < -0.3 is 10.6 Å². The third-order valence-electron chi connectivity index (χ3n) is 6.02. The maximum Gasteiger partial charge on any atom is 0.243 e. The van der Waals surface area contributed by atoms with Crippen molar-refractivity contribution >= 4 is 21.8 Å². The van der Waals surface area contributed by atoms with Crippen LogP contribution in [0.2, 0.25) is 0 Å². The molecule has 0 bridgehead atoms. The van der Waals surface area contributed by atoms with Crippen molar-refractivity contribution in [2.45, 2.75) is 30.3 Å². The summed E-state index contributed by atoms with van der Waals surface area (Å²) in [4.78, 5) is 25.3. The molecule has 1 spiro atoms. The van der Waals surface area contributed by atoms with Crippen LogP contribution in [-0.2, 0) is 26.2 Å². The molecular weight excluding hydrogens is 406 g/mol. The van der Waals surface area contributed by atoms with Gasteiger partial charge in [-0.3, -0.25) is 14.3 Å². The van der Waals surface area contributed by atoms with Crippen molar-refractivity contribution in [2.75, 3.05) is 20.1 Å². The summed E-state index contributed by atoms with van der Waals surface area (Å²) in [5, 5.41) is 9.57.